The molecule has 0 radical (unpaired) electrons. The van der Waals surface area contributed by atoms with Gasteiger partial charge in [-0.3, -0.25) is 9.69 Å². The highest BCUT2D eigenvalue weighted by atomic mass is 32.1. The van der Waals surface area contributed by atoms with E-state index in [0.29, 0.717) is 0 Å². The van der Waals surface area contributed by atoms with Gasteiger partial charge in [0.2, 0.25) is 0 Å². The minimum Gasteiger partial charge on any atom is -0.484 e. The van der Waals surface area contributed by atoms with Gasteiger partial charge in [-0.2, -0.15) is 0 Å². The van der Waals surface area contributed by atoms with Crippen LogP contribution in [-0.4, -0.2) is 53.5 Å². The number of piperazine rings is 1. The van der Waals surface area contributed by atoms with E-state index in [2.05, 4.69) is 31.1 Å². The lowest BCUT2D eigenvalue weighted by Crippen LogP contribution is -2.49. The molecule has 1 saturated heterocycles. The molecule has 146 valence electrons. The van der Waals surface area contributed by atoms with Crippen molar-refractivity contribution in [3.05, 3.63) is 45.9 Å². The summed E-state index contributed by atoms with van der Waals surface area (Å²) in [6.45, 7) is 12.8. The molecule has 27 heavy (non-hydrogen) atoms. The third-order valence-electron chi connectivity index (χ3n) is 4.85. The Balaban J connectivity index is 1.45. The monoisotopic (exact) mass is 387 g/mol. The zero-order chi connectivity index (χ0) is 19.4. The number of para-hydroxylation sites is 1. The minimum atomic E-state index is 0.0576. The molecule has 0 spiro atoms. The quantitative estimate of drug-likeness (QED) is 0.788. The first-order chi connectivity index (χ1) is 12.8. The van der Waals surface area contributed by atoms with Gasteiger partial charge in [-0.25, -0.2) is 4.98 Å². The lowest BCUT2D eigenvalue weighted by atomic mass is 9.93. The number of amides is 1. The fraction of sp³-hybridized carbons (Fsp3) is 0.524. The topological polar surface area (TPSA) is 45.7 Å². The van der Waals surface area contributed by atoms with Gasteiger partial charge in [0.05, 0.1) is 12.2 Å². The molecule has 1 fully saturated rings. The first-order valence-corrected chi connectivity index (χ1v) is 10.3. The number of carbonyl (C=O) groups is 1. The molecule has 2 aromatic rings. The lowest BCUT2D eigenvalue weighted by Gasteiger charge is -2.34. The lowest BCUT2D eigenvalue weighted by molar-refractivity contribution is -0.135. The van der Waals surface area contributed by atoms with Gasteiger partial charge < -0.3 is 9.64 Å². The molecule has 0 bridgehead atoms. The predicted molar refractivity (Wildman–Crippen MR) is 109 cm³/mol. The number of thiazole rings is 1. The first-order valence-electron chi connectivity index (χ1n) is 9.46. The van der Waals surface area contributed by atoms with E-state index in [1.54, 1.807) is 11.3 Å². The number of ether oxygens (including phenoxy) is 1. The number of benzene rings is 1. The van der Waals surface area contributed by atoms with Gasteiger partial charge in [0.15, 0.2) is 6.61 Å². The molecule has 5 nitrogen and oxygen atoms in total. The van der Waals surface area contributed by atoms with E-state index >= 15 is 0 Å². The predicted octanol–water partition coefficient (Wildman–Crippen LogP) is 3.47. The molecular weight excluding hydrogens is 358 g/mol. The molecule has 0 N–H and O–H groups in total. The Hall–Kier alpha value is -1.92. The van der Waals surface area contributed by atoms with E-state index in [1.165, 1.54) is 0 Å². The van der Waals surface area contributed by atoms with Gasteiger partial charge in [0.1, 0.15) is 10.8 Å². The van der Waals surface area contributed by atoms with Crippen molar-refractivity contribution < 1.29 is 9.53 Å². The minimum absolute atomic E-state index is 0.0576. The average Bonchev–Trinajstić information content (AvgIpc) is 3.10. The maximum atomic E-state index is 12.4. The molecule has 2 heterocycles. The van der Waals surface area contributed by atoms with Crippen molar-refractivity contribution in [2.45, 2.75) is 39.7 Å². The summed E-state index contributed by atoms with van der Waals surface area (Å²) in [7, 11) is 0. The SMILES string of the molecule is Cc1ccccc1OCC(=O)N1CCN(Cc2nc(C(C)(C)C)cs2)CC1. The van der Waals surface area contributed by atoms with Crippen LogP contribution in [0.25, 0.3) is 0 Å². The molecule has 1 aliphatic rings. The third-order valence-corrected chi connectivity index (χ3v) is 5.68. The average molecular weight is 388 g/mol. The van der Waals surface area contributed by atoms with Crippen molar-refractivity contribution in [1.82, 2.24) is 14.8 Å². The fourth-order valence-corrected chi connectivity index (χ4v) is 4.09. The number of aryl methyl sites for hydroxylation is 1. The van der Waals surface area contributed by atoms with Crippen LogP contribution in [0.3, 0.4) is 0 Å². The van der Waals surface area contributed by atoms with Gasteiger partial charge in [0.25, 0.3) is 5.91 Å². The van der Waals surface area contributed by atoms with Crippen LogP contribution in [0.5, 0.6) is 5.75 Å². The maximum absolute atomic E-state index is 12.4. The normalized spacial score (nSPS) is 15.8. The van der Waals surface area contributed by atoms with E-state index in [-0.39, 0.29) is 17.9 Å². The van der Waals surface area contributed by atoms with Gasteiger partial charge in [-0.15, -0.1) is 11.3 Å². The van der Waals surface area contributed by atoms with E-state index in [4.69, 9.17) is 9.72 Å². The van der Waals surface area contributed by atoms with Crippen LogP contribution < -0.4 is 4.74 Å². The van der Waals surface area contributed by atoms with Crippen molar-refractivity contribution in [2.24, 2.45) is 0 Å². The Morgan fingerprint density at radius 1 is 1.19 bits per heavy atom. The third kappa shape index (κ3) is 5.30. The number of hydrogen-bond donors (Lipinski definition) is 0. The maximum Gasteiger partial charge on any atom is 0.260 e. The van der Waals surface area contributed by atoms with Crippen molar-refractivity contribution in [3.63, 3.8) is 0 Å². The highest BCUT2D eigenvalue weighted by Crippen LogP contribution is 2.24. The Kier molecular flexibility index (Phi) is 6.17. The van der Waals surface area contributed by atoms with E-state index < -0.39 is 0 Å². The molecule has 0 unspecified atom stereocenters. The molecule has 0 saturated carbocycles. The zero-order valence-corrected chi connectivity index (χ0v) is 17.5. The van der Waals surface area contributed by atoms with Crippen molar-refractivity contribution in [3.8, 4) is 5.75 Å². The largest absolute Gasteiger partial charge is 0.484 e. The first kappa shape index (κ1) is 19.8. The van der Waals surface area contributed by atoms with E-state index in [9.17, 15) is 4.79 Å². The van der Waals surface area contributed by atoms with Gasteiger partial charge in [0, 0.05) is 37.0 Å². The highest BCUT2D eigenvalue weighted by Gasteiger charge is 2.23. The summed E-state index contributed by atoms with van der Waals surface area (Å²) >= 11 is 1.73. The summed E-state index contributed by atoms with van der Waals surface area (Å²) in [5, 5.41) is 3.32. The van der Waals surface area contributed by atoms with Crippen LogP contribution in [-0.2, 0) is 16.8 Å². The second-order valence-corrected chi connectivity index (χ2v) is 9.03. The Bertz CT molecular complexity index is 774. The molecule has 3 rings (SSSR count). The van der Waals surface area contributed by atoms with E-state index in [0.717, 1.165) is 54.7 Å². The molecule has 6 heteroatoms. The number of rotatable bonds is 5. The van der Waals surface area contributed by atoms with Crippen LogP contribution in [0.4, 0.5) is 0 Å². The number of nitrogens with zero attached hydrogens (tertiary/aromatic N) is 3. The molecule has 0 atom stereocenters. The Labute approximate surface area is 166 Å². The van der Waals surface area contributed by atoms with Crippen molar-refractivity contribution >= 4 is 17.2 Å². The summed E-state index contributed by atoms with van der Waals surface area (Å²) in [6, 6.07) is 7.79. The number of aromatic nitrogens is 1. The Morgan fingerprint density at radius 3 is 2.52 bits per heavy atom. The fourth-order valence-electron chi connectivity index (χ4n) is 3.02. The van der Waals surface area contributed by atoms with Gasteiger partial charge >= 0.3 is 0 Å². The van der Waals surface area contributed by atoms with Crippen LogP contribution in [0.15, 0.2) is 29.6 Å². The second-order valence-electron chi connectivity index (χ2n) is 8.09. The summed E-state index contributed by atoms with van der Waals surface area (Å²) in [6.07, 6.45) is 0. The number of carbonyl (C=O) groups excluding carboxylic acids is 1. The van der Waals surface area contributed by atoms with Crippen LogP contribution in [0.2, 0.25) is 0 Å². The van der Waals surface area contributed by atoms with E-state index in [1.807, 2.05) is 36.1 Å². The highest BCUT2D eigenvalue weighted by molar-refractivity contribution is 7.09. The molecule has 1 aromatic heterocycles. The molecular formula is C21H29N3O2S. The molecule has 0 aliphatic carbocycles. The summed E-state index contributed by atoms with van der Waals surface area (Å²) in [4.78, 5) is 21.5. The van der Waals surface area contributed by atoms with Crippen molar-refractivity contribution in [1.29, 1.82) is 0 Å². The van der Waals surface area contributed by atoms with Crippen LogP contribution in [0, 0.1) is 6.92 Å². The standard InChI is InChI=1S/C21H29N3O2S/c1-16-7-5-6-8-17(16)26-14-20(25)24-11-9-23(10-12-24)13-19-22-18(15-27-19)21(2,3)4/h5-8,15H,9-14H2,1-4H3. The molecule has 1 aliphatic heterocycles. The van der Waals surface area contributed by atoms with Crippen LogP contribution >= 0.6 is 11.3 Å². The molecule has 1 aromatic carbocycles. The van der Waals surface area contributed by atoms with Crippen molar-refractivity contribution in [2.75, 3.05) is 32.8 Å². The summed E-state index contributed by atoms with van der Waals surface area (Å²) in [5.41, 5.74) is 2.30. The zero-order valence-electron chi connectivity index (χ0n) is 16.7. The number of hydrogen-bond acceptors (Lipinski definition) is 5. The van der Waals surface area contributed by atoms with Gasteiger partial charge in [-0.1, -0.05) is 39.0 Å². The second kappa shape index (κ2) is 8.40. The van der Waals surface area contributed by atoms with Crippen LogP contribution in [0.1, 0.15) is 37.0 Å². The Morgan fingerprint density at radius 2 is 1.89 bits per heavy atom. The summed E-state index contributed by atoms with van der Waals surface area (Å²) < 4.78 is 5.70. The smallest absolute Gasteiger partial charge is 0.260 e. The summed E-state index contributed by atoms with van der Waals surface area (Å²) in [5.74, 6) is 0.838. The van der Waals surface area contributed by atoms with Gasteiger partial charge in [-0.05, 0) is 18.6 Å². The molecule has 1 amide bonds.